The van der Waals surface area contributed by atoms with E-state index in [1.807, 2.05) is 6.92 Å². The van der Waals surface area contributed by atoms with E-state index in [1.165, 1.54) is 0 Å². The van der Waals surface area contributed by atoms with Crippen molar-refractivity contribution < 1.29 is 14.3 Å². The first-order valence-corrected chi connectivity index (χ1v) is 6.08. The second-order valence-corrected chi connectivity index (χ2v) is 5.37. The number of furan rings is 1. The van der Waals surface area contributed by atoms with Gasteiger partial charge in [-0.1, -0.05) is 0 Å². The molecule has 0 aromatic carbocycles. The molecule has 1 saturated carbocycles. The lowest BCUT2D eigenvalue weighted by molar-refractivity contribution is -0.0958. The van der Waals surface area contributed by atoms with Crippen molar-refractivity contribution in [2.75, 3.05) is 13.1 Å². The Bertz CT molecular complexity index is 467. The first-order valence-electron chi connectivity index (χ1n) is 6.08. The van der Waals surface area contributed by atoms with Crippen LogP contribution in [0.2, 0.25) is 0 Å². The highest BCUT2D eigenvalue weighted by Gasteiger charge is 2.53. The van der Waals surface area contributed by atoms with E-state index in [0.29, 0.717) is 30.3 Å². The molecule has 3 rings (SSSR count). The van der Waals surface area contributed by atoms with Gasteiger partial charge in [0.15, 0.2) is 0 Å². The minimum Gasteiger partial charge on any atom is -0.466 e. The lowest BCUT2D eigenvalue weighted by Crippen LogP contribution is -2.64. The fourth-order valence-corrected chi connectivity index (χ4v) is 2.65. The van der Waals surface area contributed by atoms with Crippen LogP contribution in [0.25, 0.3) is 0 Å². The zero-order valence-electron chi connectivity index (χ0n) is 10.2. The third-order valence-corrected chi connectivity index (χ3v) is 3.83. The zero-order valence-corrected chi connectivity index (χ0v) is 10.2. The monoisotopic (exact) mass is 235 g/mol. The molecule has 4 nitrogen and oxygen atoms in total. The van der Waals surface area contributed by atoms with Crippen molar-refractivity contribution in [2.24, 2.45) is 5.92 Å². The predicted octanol–water partition coefficient (Wildman–Crippen LogP) is 1.49. The molecule has 4 heteroatoms. The maximum absolute atomic E-state index is 12.1. The fourth-order valence-electron chi connectivity index (χ4n) is 2.65. The molecule has 1 amide bonds. The summed E-state index contributed by atoms with van der Waals surface area (Å²) in [4.78, 5) is 13.9. The number of carbonyl (C=O) groups excluding carboxylic acids is 1. The largest absolute Gasteiger partial charge is 0.466 e. The molecule has 1 N–H and O–H groups in total. The van der Waals surface area contributed by atoms with Gasteiger partial charge >= 0.3 is 0 Å². The number of nitrogens with zero attached hydrogens (tertiary/aromatic N) is 1. The van der Waals surface area contributed by atoms with Gasteiger partial charge in [0.1, 0.15) is 17.1 Å². The Balaban J connectivity index is 1.71. The van der Waals surface area contributed by atoms with Gasteiger partial charge in [0, 0.05) is 0 Å². The number of amides is 1. The molecule has 1 aliphatic heterocycles. The zero-order chi connectivity index (χ0) is 12.2. The predicted molar refractivity (Wildman–Crippen MR) is 61.8 cm³/mol. The quantitative estimate of drug-likeness (QED) is 0.845. The summed E-state index contributed by atoms with van der Waals surface area (Å²) in [5, 5.41) is 10.2. The molecule has 2 aliphatic rings. The molecule has 2 heterocycles. The van der Waals surface area contributed by atoms with Crippen LogP contribution in [0.1, 0.15) is 34.7 Å². The van der Waals surface area contributed by atoms with E-state index in [0.717, 1.165) is 18.6 Å². The molecule has 92 valence electrons. The molecule has 1 aromatic heterocycles. The molecule has 0 radical (unpaired) electrons. The molecule has 0 unspecified atom stereocenters. The first kappa shape index (κ1) is 10.8. The van der Waals surface area contributed by atoms with Gasteiger partial charge in [-0.25, -0.2) is 0 Å². The van der Waals surface area contributed by atoms with Crippen molar-refractivity contribution in [3.05, 3.63) is 23.2 Å². The Morgan fingerprint density at radius 1 is 1.47 bits per heavy atom. The van der Waals surface area contributed by atoms with Crippen LogP contribution in [0.5, 0.6) is 0 Å². The van der Waals surface area contributed by atoms with E-state index in [1.54, 1.807) is 17.9 Å². The van der Waals surface area contributed by atoms with Crippen molar-refractivity contribution in [1.82, 2.24) is 4.90 Å². The summed E-state index contributed by atoms with van der Waals surface area (Å²) in [5.41, 5.74) is 0.0165. The van der Waals surface area contributed by atoms with E-state index >= 15 is 0 Å². The summed E-state index contributed by atoms with van der Waals surface area (Å²) >= 11 is 0. The summed E-state index contributed by atoms with van der Waals surface area (Å²) in [5.74, 6) is 1.81. The van der Waals surface area contributed by atoms with Crippen LogP contribution in [0.3, 0.4) is 0 Å². The van der Waals surface area contributed by atoms with E-state index < -0.39 is 5.60 Å². The Morgan fingerprint density at radius 2 is 2.12 bits per heavy atom. The van der Waals surface area contributed by atoms with Gasteiger partial charge in [0.2, 0.25) is 0 Å². The fraction of sp³-hybridized carbons (Fsp3) is 0.615. The molecule has 0 bridgehead atoms. The molecule has 0 spiro atoms. The Morgan fingerprint density at radius 3 is 2.59 bits per heavy atom. The van der Waals surface area contributed by atoms with Crippen molar-refractivity contribution in [1.29, 1.82) is 0 Å². The van der Waals surface area contributed by atoms with Crippen molar-refractivity contribution >= 4 is 5.91 Å². The van der Waals surface area contributed by atoms with Gasteiger partial charge in [-0.15, -0.1) is 0 Å². The van der Waals surface area contributed by atoms with Crippen LogP contribution in [0.4, 0.5) is 0 Å². The maximum atomic E-state index is 12.1. The lowest BCUT2D eigenvalue weighted by atomic mass is 9.88. The molecule has 17 heavy (non-hydrogen) atoms. The number of hydrogen-bond acceptors (Lipinski definition) is 3. The number of rotatable bonds is 2. The highest BCUT2D eigenvalue weighted by molar-refractivity contribution is 5.96. The topological polar surface area (TPSA) is 53.7 Å². The van der Waals surface area contributed by atoms with Gasteiger partial charge < -0.3 is 14.4 Å². The minimum atomic E-state index is -0.609. The van der Waals surface area contributed by atoms with E-state index in [2.05, 4.69) is 0 Å². The van der Waals surface area contributed by atoms with Crippen molar-refractivity contribution in [2.45, 2.75) is 32.3 Å². The standard InChI is InChI=1S/C13H17NO3/c1-8-5-11(9(2)17-8)12(15)14-6-13(16,7-14)10-3-4-10/h5,10,16H,3-4,6-7H2,1-2H3. The van der Waals surface area contributed by atoms with E-state index in [-0.39, 0.29) is 5.91 Å². The lowest BCUT2D eigenvalue weighted by Gasteiger charge is -2.46. The number of aryl methyl sites for hydroxylation is 2. The number of likely N-dealkylation sites (tertiary alicyclic amines) is 1. The molecule has 0 atom stereocenters. The average molecular weight is 235 g/mol. The summed E-state index contributed by atoms with van der Waals surface area (Å²) in [6.07, 6.45) is 2.20. The van der Waals surface area contributed by atoms with E-state index in [4.69, 9.17) is 4.42 Å². The summed E-state index contributed by atoms with van der Waals surface area (Å²) in [7, 11) is 0. The first-order chi connectivity index (χ1) is 7.99. The van der Waals surface area contributed by atoms with Gasteiger partial charge in [0.25, 0.3) is 5.91 Å². The minimum absolute atomic E-state index is 0.0234. The Hall–Kier alpha value is -1.29. The smallest absolute Gasteiger partial charge is 0.257 e. The van der Waals surface area contributed by atoms with Crippen molar-refractivity contribution in [3.63, 3.8) is 0 Å². The highest BCUT2D eigenvalue weighted by Crippen LogP contribution is 2.44. The van der Waals surface area contributed by atoms with Crippen LogP contribution in [0, 0.1) is 19.8 Å². The van der Waals surface area contributed by atoms with Crippen LogP contribution >= 0.6 is 0 Å². The molecule has 1 aliphatic carbocycles. The molecule has 1 aromatic rings. The van der Waals surface area contributed by atoms with Gasteiger partial charge in [0.05, 0.1) is 18.7 Å². The van der Waals surface area contributed by atoms with Crippen LogP contribution in [-0.2, 0) is 0 Å². The summed E-state index contributed by atoms with van der Waals surface area (Å²) in [6, 6.07) is 1.77. The highest BCUT2D eigenvalue weighted by atomic mass is 16.3. The second-order valence-electron chi connectivity index (χ2n) is 5.37. The third-order valence-electron chi connectivity index (χ3n) is 3.83. The Labute approximate surface area is 100 Å². The Kier molecular flexibility index (Phi) is 2.14. The number of β-amino-alcohol motifs (C(OH)–C–C–N with tert-alkyl or cyclic N) is 1. The summed E-state index contributed by atoms with van der Waals surface area (Å²) in [6.45, 7) is 4.58. The second kappa shape index (κ2) is 3.35. The molecule has 1 saturated heterocycles. The SMILES string of the molecule is Cc1cc(C(=O)N2CC(O)(C3CC3)C2)c(C)o1. The van der Waals surface area contributed by atoms with E-state index in [9.17, 15) is 9.90 Å². The molecular formula is C13H17NO3. The number of hydrogen-bond donors (Lipinski definition) is 1. The third kappa shape index (κ3) is 1.67. The number of aliphatic hydroxyl groups is 1. The number of carbonyl (C=O) groups is 1. The average Bonchev–Trinajstić information content (AvgIpc) is 3.00. The van der Waals surface area contributed by atoms with Gasteiger partial charge in [-0.2, -0.15) is 0 Å². The normalized spacial score (nSPS) is 22.4. The van der Waals surface area contributed by atoms with Crippen LogP contribution in [-0.4, -0.2) is 34.6 Å². The van der Waals surface area contributed by atoms with Crippen LogP contribution < -0.4 is 0 Å². The van der Waals surface area contributed by atoms with Crippen molar-refractivity contribution in [3.8, 4) is 0 Å². The molecular weight excluding hydrogens is 218 g/mol. The van der Waals surface area contributed by atoms with Gasteiger partial charge in [-0.05, 0) is 38.7 Å². The maximum Gasteiger partial charge on any atom is 0.257 e. The van der Waals surface area contributed by atoms with Crippen LogP contribution in [0.15, 0.2) is 10.5 Å². The summed E-state index contributed by atoms with van der Waals surface area (Å²) < 4.78 is 5.36. The molecule has 2 fully saturated rings. The van der Waals surface area contributed by atoms with Gasteiger partial charge in [-0.3, -0.25) is 4.79 Å².